The molecular weight excluding hydrogens is 365 g/mol. The molecule has 0 saturated carbocycles. The smallest absolute Gasteiger partial charge is 0.129 e. The number of halogens is 3. The predicted octanol–water partition coefficient (Wildman–Crippen LogP) is 3.62. The van der Waals surface area contributed by atoms with E-state index in [1.807, 2.05) is 6.92 Å². The van der Waals surface area contributed by atoms with E-state index in [1.165, 1.54) is 6.07 Å². The lowest BCUT2D eigenvalue weighted by Gasteiger charge is -2.17. The molecule has 0 fully saturated rings. The first-order valence-electron chi connectivity index (χ1n) is 5.47. The Morgan fingerprint density at radius 1 is 1.39 bits per heavy atom. The number of hydrogen-bond donors (Lipinski definition) is 1. The Bertz CT molecular complexity index is 548. The molecule has 1 atom stereocenters. The minimum atomic E-state index is -0.572. The number of aryl methyl sites for hydroxylation is 1. The van der Waals surface area contributed by atoms with Crippen LogP contribution >= 0.6 is 31.9 Å². The summed E-state index contributed by atoms with van der Waals surface area (Å²) in [6.45, 7) is 2.65. The van der Waals surface area contributed by atoms with Gasteiger partial charge in [-0.3, -0.25) is 4.68 Å². The molecule has 0 spiro atoms. The number of rotatable bonds is 3. The number of benzene rings is 1. The molecule has 1 aromatic carbocycles. The average Bonchev–Trinajstić information content (AvgIpc) is 2.70. The quantitative estimate of drug-likeness (QED) is 0.889. The van der Waals surface area contributed by atoms with Gasteiger partial charge in [-0.1, -0.05) is 22.0 Å². The summed E-state index contributed by atoms with van der Waals surface area (Å²) in [7, 11) is 0. The fourth-order valence-electron chi connectivity index (χ4n) is 1.88. The molecule has 0 saturated heterocycles. The first kappa shape index (κ1) is 13.7. The van der Waals surface area contributed by atoms with E-state index >= 15 is 0 Å². The van der Waals surface area contributed by atoms with E-state index in [2.05, 4.69) is 37.0 Å². The Balaban J connectivity index is 2.54. The van der Waals surface area contributed by atoms with Crippen LogP contribution in [-0.2, 0) is 6.54 Å². The predicted molar refractivity (Wildman–Crippen MR) is 75.7 cm³/mol. The van der Waals surface area contributed by atoms with Crippen molar-refractivity contribution in [3.8, 4) is 0 Å². The van der Waals surface area contributed by atoms with Crippen LogP contribution in [0.3, 0.4) is 0 Å². The third kappa shape index (κ3) is 2.37. The van der Waals surface area contributed by atoms with Gasteiger partial charge in [0.2, 0.25) is 0 Å². The zero-order valence-electron chi connectivity index (χ0n) is 9.70. The number of aromatic nitrogens is 2. The van der Waals surface area contributed by atoms with Crippen LogP contribution in [-0.4, -0.2) is 9.78 Å². The lowest BCUT2D eigenvalue weighted by molar-refractivity contribution is 0.565. The second-order valence-corrected chi connectivity index (χ2v) is 5.52. The van der Waals surface area contributed by atoms with E-state index in [-0.39, 0.29) is 5.82 Å². The van der Waals surface area contributed by atoms with Gasteiger partial charge < -0.3 is 5.73 Å². The van der Waals surface area contributed by atoms with Crippen molar-refractivity contribution in [3.63, 3.8) is 0 Å². The summed E-state index contributed by atoms with van der Waals surface area (Å²) < 4.78 is 17.1. The van der Waals surface area contributed by atoms with Crippen molar-refractivity contribution in [2.45, 2.75) is 19.5 Å². The van der Waals surface area contributed by atoms with Gasteiger partial charge in [0.15, 0.2) is 0 Å². The van der Waals surface area contributed by atoms with E-state index in [0.29, 0.717) is 16.6 Å². The van der Waals surface area contributed by atoms with Crippen LogP contribution in [0.1, 0.15) is 24.2 Å². The van der Waals surface area contributed by atoms with Crippen LogP contribution in [0.15, 0.2) is 33.3 Å². The van der Waals surface area contributed by atoms with E-state index in [9.17, 15) is 4.39 Å². The summed E-state index contributed by atoms with van der Waals surface area (Å²) in [4.78, 5) is 0. The van der Waals surface area contributed by atoms with Gasteiger partial charge in [0.25, 0.3) is 0 Å². The van der Waals surface area contributed by atoms with Crippen molar-refractivity contribution in [2.24, 2.45) is 5.73 Å². The second kappa shape index (κ2) is 5.50. The van der Waals surface area contributed by atoms with Gasteiger partial charge in [0.1, 0.15) is 5.82 Å². The zero-order valence-corrected chi connectivity index (χ0v) is 12.9. The summed E-state index contributed by atoms with van der Waals surface area (Å²) >= 11 is 6.74. The fourth-order valence-corrected chi connectivity index (χ4v) is 3.01. The largest absolute Gasteiger partial charge is 0.319 e. The fraction of sp³-hybridized carbons (Fsp3) is 0.250. The van der Waals surface area contributed by atoms with Crippen LogP contribution in [0.5, 0.6) is 0 Å². The Labute approximate surface area is 121 Å². The maximum Gasteiger partial charge on any atom is 0.129 e. The topological polar surface area (TPSA) is 43.8 Å². The third-order valence-corrected chi connectivity index (χ3v) is 4.04. The Kier molecular flexibility index (Phi) is 4.19. The van der Waals surface area contributed by atoms with Crippen molar-refractivity contribution in [2.75, 3.05) is 0 Å². The molecule has 0 aliphatic heterocycles. The van der Waals surface area contributed by atoms with Gasteiger partial charge in [0, 0.05) is 16.6 Å². The summed E-state index contributed by atoms with van der Waals surface area (Å²) in [5, 5.41) is 4.19. The molecule has 3 nitrogen and oxygen atoms in total. The highest BCUT2D eigenvalue weighted by atomic mass is 79.9. The molecule has 0 aliphatic rings. The minimum absolute atomic E-state index is 0.326. The Hall–Kier alpha value is -0.720. The first-order chi connectivity index (χ1) is 8.56. The molecule has 2 N–H and O–H groups in total. The summed E-state index contributed by atoms with van der Waals surface area (Å²) in [5.74, 6) is -0.326. The molecular formula is C12H12Br2FN3. The van der Waals surface area contributed by atoms with Crippen molar-refractivity contribution in [3.05, 3.63) is 50.4 Å². The number of nitrogens with zero attached hydrogens (tertiary/aromatic N) is 2. The van der Waals surface area contributed by atoms with Crippen molar-refractivity contribution in [1.82, 2.24) is 9.78 Å². The van der Waals surface area contributed by atoms with Crippen LogP contribution in [0.25, 0.3) is 0 Å². The van der Waals surface area contributed by atoms with Gasteiger partial charge in [0.05, 0.1) is 22.4 Å². The average molecular weight is 377 g/mol. The second-order valence-electron chi connectivity index (χ2n) is 3.81. The van der Waals surface area contributed by atoms with Gasteiger partial charge in [-0.15, -0.1) is 0 Å². The summed E-state index contributed by atoms with van der Waals surface area (Å²) in [6.07, 6.45) is 1.67. The molecule has 1 aromatic heterocycles. The molecule has 1 heterocycles. The normalized spacial score (nSPS) is 12.7. The highest BCUT2D eigenvalue weighted by Crippen LogP contribution is 2.32. The molecule has 0 amide bonds. The van der Waals surface area contributed by atoms with E-state index in [0.717, 1.165) is 10.2 Å². The van der Waals surface area contributed by atoms with Crippen molar-refractivity contribution < 1.29 is 4.39 Å². The monoisotopic (exact) mass is 375 g/mol. The van der Waals surface area contributed by atoms with Gasteiger partial charge >= 0.3 is 0 Å². The molecule has 96 valence electrons. The lowest BCUT2D eigenvalue weighted by Crippen LogP contribution is -2.19. The first-order valence-corrected chi connectivity index (χ1v) is 7.05. The molecule has 2 rings (SSSR count). The van der Waals surface area contributed by atoms with Crippen LogP contribution < -0.4 is 5.73 Å². The Morgan fingerprint density at radius 2 is 2.11 bits per heavy atom. The number of nitrogens with two attached hydrogens (primary N) is 1. The van der Waals surface area contributed by atoms with E-state index < -0.39 is 6.04 Å². The molecule has 18 heavy (non-hydrogen) atoms. The number of hydrogen-bond acceptors (Lipinski definition) is 2. The lowest BCUT2D eigenvalue weighted by atomic mass is 10.0. The van der Waals surface area contributed by atoms with Crippen LogP contribution in [0.2, 0.25) is 0 Å². The third-order valence-electron chi connectivity index (χ3n) is 2.74. The van der Waals surface area contributed by atoms with Gasteiger partial charge in [-0.05, 0) is 35.0 Å². The minimum Gasteiger partial charge on any atom is -0.319 e. The van der Waals surface area contributed by atoms with Crippen molar-refractivity contribution in [1.29, 1.82) is 0 Å². The Morgan fingerprint density at radius 3 is 2.72 bits per heavy atom. The van der Waals surface area contributed by atoms with E-state index in [4.69, 9.17) is 5.73 Å². The maximum atomic E-state index is 13.9. The SMILES string of the molecule is CCn1ncc(Br)c1C(N)c1c(F)cccc1Br. The molecule has 0 radical (unpaired) electrons. The maximum absolute atomic E-state index is 13.9. The summed E-state index contributed by atoms with van der Waals surface area (Å²) in [6, 6.07) is 4.25. The van der Waals surface area contributed by atoms with Gasteiger partial charge in [-0.25, -0.2) is 4.39 Å². The zero-order chi connectivity index (χ0) is 13.3. The molecule has 0 aliphatic carbocycles. The van der Waals surface area contributed by atoms with Crippen molar-refractivity contribution >= 4 is 31.9 Å². The molecule has 1 unspecified atom stereocenters. The van der Waals surface area contributed by atoms with Crippen LogP contribution in [0, 0.1) is 5.82 Å². The van der Waals surface area contributed by atoms with E-state index in [1.54, 1.807) is 23.0 Å². The summed E-state index contributed by atoms with van der Waals surface area (Å²) in [5.41, 5.74) is 7.38. The van der Waals surface area contributed by atoms with Gasteiger partial charge in [-0.2, -0.15) is 5.10 Å². The standard InChI is InChI=1S/C12H12Br2FN3/c1-2-18-12(8(14)6-17-18)11(16)10-7(13)4-3-5-9(10)15/h3-6,11H,2,16H2,1H3. The molecule has 0 bridgehead atoms. The van der Waals surface area contributed by atoms with Crippen LogP contribution in [0.4, 0.5) is 4.39 Å². The molecule has 6 heteroatoms. The highest BCUT2D eigenvalue weighted by molar-refractivity contribution is 9.10. The highest BCUT2D eigenvalue weighted by Gasteiger charge is 2.22. The molecule has 2 aromatic rings.